The first-order chi connectivity index (χ1) is 7.88. The van der Waals surface area contributed by atoms with Crippen LogP contribution in [0.15, 0.2) is 12.7 Å². The lowest BCUT2D eigenvalue weighted by Crippen LogP contribution is -2.42. The molecule has 0 unspecified atom stereocenters. The van der Waals surface area contributed by atoms with Gasteiger partial charge in [-0.3, -0.25) is 4.90 Å². The van der Waals surface area contributed by atoms with Gasteiger partial charge in [0, 0.05) is 18.1 Å². The highest BCUT2D eigenvalue weighted by molar-refractivity contribution is 4.82. The normalized spacial score (nSPS) is 12.4. The van der Waals surface area contributed by atoms with Crippen molar-refractivity contribution in [3.05, 3.63) is 12.7 Å². The van der Waals surface area contributed by atoms with E-state index in [1.165, 1.54) is 25.8 Å². The summed E-state index contributed by atoms with van der Waals surface area (Å²) in [6, 6.07) is 0.613. The minimum Gasteiger partial charge on any atom is -0.315 e. The van der Waals surface area contributed by atoms with Crippen molar-refractivity contribution in [2.75, 3.05) is 19.6 Å². The fourth-order valence-electron chi connectivity index (χ4n) is 1.85. The third-order valence-electron chi connectivity index (χ3n) is 2.96. The zero-order valence-corrected chi connectivity index (χ0v) is 12.6. The second-order valence-corrected chi connectivity index (χ2v) is 6.07. The highest BCUT2D eigenvalue weighted by Crippen LogP contribution is 2.14. The van der Waals surface area contributed by atoms with Gasteiger partial charge in [-0.05, 0) is 46.7 Å². The molecule has 0 aliphatic rings. The van der Waals surface area contributed by atoms with Crippen LogP contribution in [0.1, 0.15) is 53.9 Å². The van der Waals surface area contributed by atoms with E-state index in [9.17, 15) is 0 Å². The van der Waals surface area contributed by atoms with Gasteiger partial charge >= 0.3 is 0 Å². The van der Waals surface area contributed by atoms with Gasteiger partial charge in [-0.25, -0.2) is 0 Å². The molecule has 0 amide bonds. The Hall–Kier alpha value is -0.340. The van der Waals surface area contributed by atoms with E-state index in [2.05, 4.69) is 51.4 Å². The van der Waals surface area contributed by atoms with Crippen LogP contribution in [0.5, 0.6) is 0 Å². The summed E-state index contributed by atoms with van der Waals surface area (Å²) in [6.07, 6.45) is 5.88. The molecule has 0 radical (unpaired) electrons. The molecule has 0 aromatic carbocycles. The molecular weight excluding hydrogens is 208 g/mol. The summed E-state index contributed by atoms with van der Waals surface area (Å²) in [7, 11) is 0. The van der Waals surface area contributed by atoms with E-state index < -0.39 is 0 Å². The number of hydrogen-bond donors (Lipinski definition) is 1. The van der Waals surface area contributed by atoms with Gasteiger partial charge in [-0.15, -0.1) is 6.58 Å². The molecule has 2 heteroatoms. The van der Waals surface area contributed by atoms with Crippen LogP contribution in [0, 0.1) is 0 Å². The maximum atomic E-state index is 3.84. The molecule has 0 heterocycles. The van der Waals surface area contributed by atoms with Crippen molar-refractivity contribution in [2.45, 2.75) is 65.5 Å². The fourth-order valence-corrected chi connectivity index (χ4v) is 1.85. The third-order valence-corrected chi connectivity index (χ3v) is 2.96. The van der Waals surface area contributed by atoms with Crippen molar-refractivity contribution in [3.8, 4) is 0 Å². The van der Waals surface area contributed by atoms with Gasteiger partial charge in [0.05, 0.1) is 0 Å². The van der Waals surface area contributed by atoms with Crippen LogP contribution < -0.4 is 5.32 Å². The zero-order chi connectivity index (χ0) is 13.3. The molecule has 17 heavy (non-hydrogen) atoms. The zero-order valence-electron chi connectivity index (χ0n) is 12.6. The Morgan fingerprint density at radius 1 is 1.18 bits per heavy atom. The first kappa shape index (κ1) is 16.7. The smallest absolute Gasteiger partial charge is 0.0165 e. The van der Waals surface area contributed by atoms with E-state index in [-0.39, 0.29) is 5.54 Å². The van der Waals surface area contributed by atoms with Crippen LogP contribution in [-0.2, 0) is 0 Å². The van der Waals surface area contributed by atoms with E-state index in [4.69, 9.17) is 0 Å². The molecular formula is C15H32N2. The molecule has 0 spiro atoms. The molecule has 0 atom stereocenters. The largest absolute Gasteiger partial charge is 0.315 e. The predicted molar refractivity (Wildman–Crippen MR) is 78.5 cm³/mol. The Bertz CT molecular complexity index is 192. The fraction of sp³-hybridized carbons (Fsp3) is 0.867. The van der Waals surface area contributed by atoms with Gasteiger partial charge in [0.1, 0.15) is 0 Å². The van der Waals surface area contributed by atoms with Crippen LogP contribution in [0.4, 0.5) is 0 Å². The summed E-state index contributed by atoms with van der Waals surface area (Å²) in [5.41, 5.74) is 0.254. The summed E-state index contributed by atoms with van der Waals surface area (Å²) >= 11 is 0. The number of nitrogens with one attached hydrogen (secondary N) is 1. The van der Waals surface area contributed by atoms with Crippen molar-refractivity contribution in [2.24, 2.45) is 0 Å². The average molecular weight is 240 g/mol. The quantitative estimate of drug-likeness (QED) is 0.490. The lowest BCUT2D eigenvalue weighted by atomic mass is 10.1. The van der Waals surface area contributed by atoms with Crippen LogP contribution in [-0.4, -0.2) is 36.1 Å². The standard InChI is InChI=1S/C15H32N2/c1-7-12-17(15(4,5)6)13-10-8-9-11-16-14(2)3/h7,14,16H,1,8-13H2,2-6H3. The van der Waals surface area contributed by atoms with Crippen LogP contribution in [0.3, 0.4) is 0 Å². The Kier molecular flexibility index (Phi) is 8.53. The number of hydrogen-bond acceptors (Lipinski definition) is 2. The molecule has 102 valence electrons. The molecule has 0 aromatic heterocycles. The average Bonchev–Trinajstić information content (AvgIpc) is 2.19. The minimum atomic E-state index is 0.254. The van der Waals surface area contributed by atoms with Crippen LogP contribution >= 0.6 is 0 Å². The van der Waals surface area contributed by atoms with Gasteiger partial charge in [0.25, 0.3) is 0 Å². The second kappa shape index (κ2) is 8.71. The minimum absolute atomic E-state index is 0.254. The van der Waals surface area contributed by atoms with Crippen LogP contribution in [0.25, 0.3) is 0 Å². The van der Waals surface area contributed by atoms with Crippen molar-refractivity contribution in [1.82, 2.24) is 10.2 Å². The van der Waals surface area contributed by atoms with Crippen molar-refractivity contribution < 1.29 is 0 Å². The second-order valence-electron chi connectivity index (χ2n) is 6.07. The Balaban J connectivity index is 3.65. The molecule has 2 nitrogen and oxygen atoms in total. The molecule has 0 rings (SSSR count). The third kappa shape index (κ3) is 9.37. The summed E-state index contributed by atoms with van der Waals surface area (Å²) in [4.78, 5) is 2.50. The SMILES string of the molecule is C=CCN(CCCCCNC(C)C)C(C)(C)C. The van der Waals surface area contributed by atoms with Gasteiger partial charge < -0.3 is 5.32 Å². The first-order valence-corrected chi connectivity index (χ1v) is 6.97. The number of unbranched alkanes of at least 4 members (excludes halogenated alkanes) is 2. The van der Waals surface area contributed by atoms with Gasteiger partial charge in [-0.2, -0.15) is 0 Å². The molecule has 0 saturated heterocycles. The van der Waals surface area contributed by atoms with Gasteiger partial charge in [0.15, 0.2) is 0 Å². The lowest BCUT2D eigenvalue weighted by molar-refractivity contribution is 0.151. The molecule has 0 aliphatic heterocycles. The van der Waals surface area contributed by atoms with E-state index >= 15 is 0 Å². The first-order valence-electron chi connectivity index (χ1n) is 6.97. The van der Waals surface area contributed by atoms with E-state index in [1.54, 1.807) is 0 Å². The summed E-state index contributed by atoms with van der Waals surface area (Å²) in [6.45, 7) is 18.4. The van der Waals surface area contributed by atoms with Crippen molar-refractivity contribution >= 4 is 0 Å². The summed E-state index contributed by atoms with van der Waals surface area (Å²) in [5, 5.41) is 3.46. The maximum absolute atomic E-state index is 3.84. The topological polar surface area (TPSA) is 15.3 Å². The molecule has 0 saturated carbocycles. The summed E-state index contributed by atoms with van der Waals surface area (Å²) < 4.78 is 0. The molecule has 0 fully saturated rings. The summed E-state index contributed by atoms with van der Waals surface area (Å²) in [5.74, 6) is 0. The monoisotopic (exact) mass is 240 g/mol. The highest BCUT2D eigenvalue weighted by atomic mass is 15.2. The van der Waals surface area contributed by atoms with Gasteiger partial charge in [0.2, 0.25) is 0 Å². The molecule has 0 bridgehead atoms. The molecule has 1 N–H and O–H groups in total. The molecule has 0 aliphatic carbocycles. The Morgan fingerprint density at radius 2 is 1.82 bits per heavy atom. The molecule has 0 aromatic rings. The number of nitrogens with zero attached hydrogens (tertiary/aromatic N) is 1. The van der Waals surface area contributed by atoms with Gasteiger partial charge in [-0.1, -0.05) is 26.3 Å². The van der Waals surface area contributed by atoms with Crippen molar-refractivity contribution in [3.63, 3.8) is 0 Å². The Morgan fingerprint density at radius 3 is 2.29 bits per heavy atom. The van der Waals surface area contributed by atoms with E-state index in [0.717, 1.165) is 13.1 Å². The highest BCUT2D eigenvalue weighted by Gasteiger charge is 2.18. The number of rotatable bonds is 9. The predicted octanol–water partition coefficient (Wildman–Crippen LogP) is 3.44. The Labute approximate surface area is 108 Å². The van der Waals surface area contributed by atoms with Crippen LogP contribution in [0.2, 0.25) is 0 Å². The van der Waals surface area contributed by atoms with E-state index in [1.807, 2.05) is 6.08 Å². The lowest BCUT2D eigenvalue weighted by Gasteiger charge is -2.34. The van der Waals surface area contributed by atoms with Crippen molar-refractivity contribution in [1.29, 1.82) is 0 Å². The maximum Gasteiger partial charge on any atom is 0.0165 e. The van der Waals surface area contributed by atoms with E-state index in [0.29, 0.717) is 6.04 Å².